The number of amides is 1. The van der Waals surface area contributed by atoms with Crippen LogP contribution in [0.5, 0.6) is 0 Å². The molecule has 1 fully saturated rings. The molecule has 1 saturated heterocycles. The van der Waals surface area contributed by atoms with E-state index in [4.69, 9.17) is 0 Å². The molecule has 0 bridgehead atoms. The summed E-state index contributed by atoms with van der Waals surface area (Å²) in [7, 11) is 0. The molecule has 0 spiro atoms. The summed E-state index contributed by atoms with van der Waals surface area (Å²) in [6.45, 7) is 4.99. The number of piperidine rings is 1. The second-order valence-corrected chi connectivity index (χ2v) is 6.67. The number of fused-ring (bicyclic) bond motifs is 1. The molecular formula is C18H26N2O. The van der Waals surface area contributed by atoms with Crippen LogP contribution in [0.15, 0.2) is 24.3 Å². The molecule has 1 heterocycles. The van der Waals surface area contributed by atoms with Crippen molar-refractivity contribution in [1.82, 2.24) is 10.2 Å². The normalized spacial score (nSPS) is 23.6. The van der Waals surface area contributed by atoms with Crippen LogP contribution in [0.4, 0.5) is 0 Å². The fourth-order valence-corrected chi connectivity index (χ4v) is 3.57. The lowest BCUT2D eigenvalue weighted by Gasteiger charge is -2.31. The van der Waals surface area contributed by atoms with Crippen molar-refractivity contribution in [3.63, 3.8) is 0 Å². The molecule has 0 aromatic heterocycles. The molecule has 3 nitrogen and oxygen atoms in total. The number of nitrogens with zero attached hydrogens (tertiary/aromatic N) is 1. The average Bonchev–Trinajstić information content (AvgIpc) is 2.50. The zero-order valence-corrected chi connectivity index (χ0v) is 13.0. The van der Waals surface area contributed by atoms with Crippen LogP contribution in [0.1, 0.15) is 49.8 Å². The third kappa shape index (κ3) is 3.65. The minimum atomic E-state index is 0.186. The van der Waals surface area contributed by atoms with Crippen molar-refractivity contribution in [3.8, 4) is 0 Å². The first-order valence-corrected chi connectivity index (χ1v) is 8.32. The molecule has 0 saturated carbocycles. The van der Waals surface area contributed by atoms with E-state index in [9.17, 15) is 4.79 Å². The van der Waals surface area contributed by atoms with E-state index in [1.54, 1.807) is 0 Å². The van der Waals surface area contributed by atoms with Crippen molar-refractivity contribution in [2.45, 2.75) is 45.1 Å². The topological polar surface area (TPSA) is 32.3 Å². The van der Waals surface area contributed by atoms with E-state index >= 15 is 0 Å². The van der Waals surface area contributed by atoms with Crippen LogP contribution < -0.4 is 5.32 Å². The molecule has 1 aliphatic carbocycles. The molecule has 114 valence electrons. The predicted octanol–water partition coefficient (Wildman–Crippen LogP) is 2.91. The van der Waals surface area contributed by atoms with Gasteiger partial charge in [-0.2, -0.15) is 0 Å². The monoisotopic (exact) mass is 286 g/mol. The van der Waals surface area contributed by atoms with Crippen molar-refractivity contribution in [2.75, 3.05) is 19.6 Å². The van der Waals surface area contributed by atoms with Crippen LogP contribution in [0.2, 0.25) is 0 Å². The Kier molecular flexibility index (Phi) is 4.59. The van der Waals surface area contributed by atoms with Gasteiger partial charge < -0.3 is 5.32 Å². The number of rotatable bonds is 3. The zero-order valence-electron chi connectivity index (χ0n) is 13.0. The van der Waals surface area contributed by atoms with E-state index in [0.717, 1.165) is 31.8 Å². The van der Waals surface area contributed by atoms with Gasteiger partial charge in [0, 0.05) is 0 Å². The van der Waals surface area contributed by atoms with Crippen molar-refractivity contribution in [2.24, 2.45) is 5.92 Å². The first kappa shape index (κ1) is 14.6. The fraction of sp³-hybridized carbons (Fsp3) is 0.611. The molecule has 0 radical (unpaired) electrons. The van der Waals surface area contributed by atoms with Gasteiger partial charge in [-0.3, -0.25) is 9.69 Å². The van der Waals surface area contributed by atoms with Crippen LogP contribution in [-0.2, 0) is 11.2 Å². The third-order valence-corrected chi connectivity index (χ3v) is 4.95. The van der Waals surface area contributed by atoms with Crippen molar-refractivity contribution >= 4 is 5.91 Å². The smallest absolute Gasteiger partial charge is 0.234 e. The molecule has 1 aliphatic heterocycles. The molecule has 0 unspecified atom stereocenters. The first-order chi connectivity index (χ1) is 10.2. The first-order valence-electron chi connectivity index (χ1n) is 8.32. The molecule has 1 atom stereocenters. The summed E-state index contributed by atoms with van der Waals surface area (Å²) in [6.07, 6.45) is 5.83. The second-order valence-electron chi connectivity index (χ2n) is 6.67. The molecule has 3 heteroatoms. The van der Waals surface area contributed by atoms with Crippen molar-refractivity contribution < 1.29 is 4.79 Å². The van der Waals surface area contributed by atoms with Gasteiger partial charge in [0.25, 0.3) is 0 Å². The lowest BCUT2D eigenvalue weighted by Crippen LogP contribution is -2.42. The average molecular weight is 286 g/mol. The maximum Gasteiger partial charge on any atom is 0.234 e. The number of hydrogen-bond acceptors (Lipinski definition) is 2. The maximum absolute atomic E-state index is 12.3. The summed E-state index contributed by atoms with van der Waals surface area (Å²) in [5.41, 5.74) is 2.73. The second kappa shape index (κ2) is 6.61. The molecule has 3 rings (SSSR count). The summed E-state index contributed by atoms with van der Waals surface area (Å²) in [5.74, 6) is 1.00. The van der Waals surface area contributed by atoms with Gasteiger partial charge >= 0.3 is 0 Å². The lowest BCUT2D eigenvalue weighted by molar-refractivity contribution is -0.123. The summed E-state index contributed by atoms with van der Waals surface area (Å²) in [6, 6.07) is 8.75. The molecule has 1 N–H and O–H groups in total. The number of benzene rings is 1. The van der Waals surface area contributed by atoms with E-state index < -0.39 is 0 Å². The van der Waals surface area contributed by atoms with E-state index in [1.165, 1.54) is 30.4 Å². The van der Waals surface area contributed by atoms with Crippen molar-refractivity contribution in [1.29, 1.82) is 0 Å². The predicted molar refractivity (Wildman–Crippen MR) is 85.1 cm³/mol. The number of aryl methyl sites for hydroxylation is 1. The highest BCUT2D eigenvalue weighted by molar-refractivity contribution is 5.78. The molecular weight excluding hydrogens is 260 g/mol. The zero-order chi connectivity index (χ0) is 14.7. The standard InChI is InChI=1S/C18H26N2O/c1-14-9-11-20(12-10-14)13-18(21)19-17-8-4-6-15-5-2-3-7-16(15)17/h2-3,5,7,14,17H,4,6,8-13H2,1H3,(H,19,21)/t17-/m0/s1. The number of carbonyl (C=O) groups excluding carboxylic acids is 1. The minimum absolute atomic E-state index is 0.186. The third-order valence-electron chi connectivity index (χ3n) is 4.95. The molecule has 1 aromatic rings. The number of carbonyl (C=O) groups is 1. The Hall–Kier alpha value is -1.35. The Bertz CT molecular complexity index is 492. The summed E-state index contributed by atoms with van der Waals surface area (Å²) >= 11 is 0. The summed E-state index contributed by atoms with van der Waals surface area (Å²) < 4.78 is 0. The van der Waals surface area contributed by atoms with E-state index in [1.807, 2.05) is 0 Å². The van der Waals surface area contributed by atoms with Gasteiger partial charge in [0.1, 0.15) is 0 Å². The van der Waals surface area contributed by atoms with E-state index in [0.29, 0.717) is 6.54 Å². The summed E-state index contributed by atoms with van der Waals surface area (Å²) in [5, 5.41) is 3.25. The Morgan fingerprint density at radius 2 is 2.00 bits per heavy atom. The Balaban J connectivity index is 1.56. The SMILES string of the molecule is CC1CCN(CC(=O)N[C@H]2CCCc3ccccc32)CC1. The van der Waals surface area contributed by atoms with Gasteiger partial charge in [-0.25, -0.2) is 0 Å². The van der Waals surface area contributed by atoms with Gasteiger partial charge in [0.05, 0.1) is 12.6 Å². The number of likely N-dealkylation sites (tertiary alicyclic amines) is 1. The quantitative estimate of drug-likeness (QED) is 0.926. The van der Waals surface area contributed by atoms with Gasteiger partial charge in [0.15, 0.2) is 0 Å². The van der Waals surface area contributed by atoms with Crippen LogP contribution in [0.25, 0.3) is 0 Å². The van der Waals surface area contributed by atoms with Crippen molar-refractivity contribution in [3.05, 3.63) is 35.4 Å². The highest BCUT2D eigenvalue weighted by Crippen LogP contribution is 2.29. The number of nitrogens with one attached hydrogen (secondary N) is 1. The van der Waals surface area contributed by atoms with E-state index in [-0.39, 0.29) is 11.9 Å². The number of hydrogen-bond donors (Lipinski definition) is 1. The van der Waals surface area contributed by atoms with Gasteiger partial charge in [-0.15, -0.1) is 0 Å². The van der Waals surface area contributed by atoms with Gasteiger partial charge in [-0.05, 0) is 62.2 Å². The Morgan fingerprint density at radius 3 is 2.81 bits per heavy atom. The summed E-state index contributed by atoms with van der Waals surface area (Å²) in [4.78, 5) is 14.6. The highest BCUT2D eigenvalue weighted by atomic mass is 16.2. The molecule has 21 heavy (non-hydrogen) atoms. The highest BCUT2D eigenvalue weighted by Gasteiger charge is 2.23. The Morgan fingerprint density at radius 1 is 1.24 bits per heavy atom. The molecule has 1 amide bonds. The van der Waals surface area contributed by atoms with Crippen LogP contribution in [0, 0.1) is 5.92 Å². The van der Waals surface area contributed by atoms with E-state index in [2.05, 4.69) is 41.4 Å². The van der Waals surface area contributed by atoms with Crippen LogP contribution in [-0.4, -0.2) is 30.4 Å². The van der Waals surface area contributed by atoms with Gasteiger partial charge in [0.2, 0.25) is 5.91 Å². The maximum atomic E-state index is 12.3. The largest absolute Gasteiger partial charge is 0.348 e. The van der Waals surface area contributed by atoms with Crippen LogP contribution >= 0.6 is 0 Å². The fourth-order valence-electron chi connectivity index (χ4n) is 3.57. The Labute approximate surface area is 127 Å². The lowest BCUT2D eigenvalue weighted by atomic mass is 9.88. The van der Waals surface area contributed by atoms with Gasteiger partial charge in [-0.1, -0.05) is 31.2 Å². The minimum Gasteiger partial charge on any atom is -0.348 e. The molecule has 1 aromatic carbocycles. The van der Waals surface area contributed by atoms with Crippen LogP contribution in [0.3, 0.4) is 0 Å². The molecule has 2 aliphatic rings.